The molecule has 0 aliphatic heterocycles. The van der Waals surface area contributed by atoms with Crippen LogP contribution < -0.4 is 10.6 Å². The molecule has 1 aliphatic rings. The molecule has 0 spiro atoms. The minimum Gasteiger partial charge on any atom is -0.325 e. The van der Waals surface area contributed by atoms with Crippen molar-refractivity contribution in [2.24, 2.45) is 5.41 Å². The first-order valence-electron chi connectivity index (χ1n) is 8.40. The molecule has 0 radical (unpaired) electrons. The van der Waals surface area contributed by atoms with Crippen molar-refractivity contribution < 1.29 is 9.59 Å². The standard InChI is InChI=1S/C20H21ClN2O2/c1-13(2)14-7-9-15(10-8-14)22-18(24)20(11-12-20)19(25)23-17-6-4-3-5-16(17)21/h3-10,13H,11-12H2,1-2H3,(H,22,24)(H,23,25). The fraction of sp³-hybridized carbons (Fsp3) is 0.300. The molecule has 5 heteroatoms. The number of benzene rings is 2. The highest BCUT2D eigenvalue weighted by atomic mass is 35.5. The second-order valence-corrected chi connectivity index (χ2v) is 7.15. The van der Waals surface area contributed by atoms with Crippen LogP contribution in [0.3, 0.4) is 0 Å². The first kappa shape index (κ1) is 17.5. The molecule has 0 heterocycles. The van der Waals surface area contributed by atoms with Gasteiger partial charge in [-0.05, 0) is 48.6 Å². The molecular weight excluding hydrogens is 336 g/mol. The SMILES string of the molecule is CC(C)c1ccc(NC(=O)C2(C(=O)Nc3ccccc3Cl)CC2)cc1. The first-order valence-corrected chi connectivity index (χ1v) is 8.77. The monoisotopic (exact) mass is 356 g/mol. The summed E-state index contributed by atoms with van der Waals surface area (Å²) in [6.45, 7) is 4.23. The minimum absolute atomic E-state index is 0.269. The highest BCUT2D eigenvalue weighted by Crippen LogP contribution is 2.47. The van der Waals surface area contributed by atoms with E-state index in [0.717, 1.165) is 0 Å². The number of hydrogen-bond donors (Lipinski definition) is 2. The summed E-state index contributed by atoms with van der Waals surface area (Å²) < 4.78 is 0. The average molecular weight is 357 g/mol. The third kappa shape index (κ3) is 3.69. The van der Waals surface area contributed by atoms with E-state index in [1.54, 1.807) is 24.3 Å². The van der Waals surface area contributed by atoms with Crippen molar-refractivity contribution in [2.45, 2.75) is 32.6 Å². The molecule has 4 nitrogen and oxygen atoms in total. The quantitative estimate of drug-likeness (QED) is 0.754. The Kier molecular flexibility index (Phi) is 4.82. The smallest absolute Gasteiger partial charge is 0.240 e. The highest BCUT2D eigenvalue weighted by Gasteiger charge is 2.56. The van der Waals surface area contributed by atoms with Crippen LogP contribution in [0.1, 0.15) is 38.2 Å². The average Bonchev–Trinajstić information content (AvgIpc) is 3.39. The van der Waals surface area contributed by atoms with Gasteiger partial charge in [-0.2, -0.15) is 0 Å². The van der Waals surface area contributed by atoms with Crippen LogP contribution in [0.15, 0.2) is 48.5 Å². The zero-order chi connectivity index (χ0) is 18.0. The van der Waals surface area contributed by atoms with E-state index in [9.17, 15) is 9.59 Å². The van der Waals surface area contributed by atoms with Crippen LogP contribution in [0, 0.1) is 5.41 Å². The summed E-state index contributed by atoms with van der Waals surface area (Å²) in [5, 5.41) is 6.09. The first-order chi connectivity index (χ1) is 11.9. The number of amides is 2. The summed E-state index contributed by atoms with van der Waals surface area (Å²) in [5.74, 6) is -0.146. The van der Waals surface area contributed by atoms with Crippen LogP contribution >= 0.6 is 11.6 Å². The zero-order valence-corrected chi connectivity index (χ0v) is 15.1. The predicted molar refractivity (Wildman–Crippen MR) is 101 cm³/mol. The maximum atomic E-state index is 12.6. The number of halogens is 1. The van der Waals surface area contributed by atoms with Gasteiger partial charge in [0.05, 0.1) is 10.7 Å². The van der Waals surface area contributed by atoms with E-state index in [4.69, 9.17) is 11.6 Å². The van der Waals surface area contributed by atoms with E-state index in [1.807, 2.05) is 24.3 Å². The molecule has 1 saturated carbocycles. The molecule has 2 amide bonds. The second-order valence-electron chi connectivity index (χ2n) is 6.75. The third-order valence-corrected chi connectivity index (χ3v) is 4.91. The summed E-state index contributed by atoms with van der Waals surface area (Å²) in [6, 6.07) is 14.7. The van der Waals surface area contributed by atoms with Gasteiger partial charge in [0.15, 0.2) is 0 Å². The largest absolute Gasteiger partial charge is 0.325 e. The van der Waals surface area contributed by atoms with E-state index in [1.165, 1.54) is 5.56 Å². The number of nitrogens with one attached hydrogen (secondary N) is 2. The molecule has 0 bridgehead atoms. The maximum Gasteiger partial charge on any atom is 0.240 e. The van der Waals surface area contributed by atoms with E-state index in [2.05, 4.69) is 24.5 Å². The van der Waals surface area contributed by atoms with Gasteiger partial charge < -0.3 is 10.6 Å². The van der Waals surface area contributed by atoms with E-state index < -0.39 is 5.41 Å². The van der Waals surface area contributed by atoms with Crippen LogP contribution in [0.4, 0.5) is 11.4 Å². The Morgan fingerprint density at radius 2 is 1.56 bits per heavy atom. The Labute approximate surface area is 152 Å². The van der Waals surface area contributed by atoms with Crippen LogP contribution in [0.25, 0.3) is 0 Å². The van der Waals surface area contributed by atoms with Gasteiger partial charge in [-0.25, -0.2) is 0 Å². The summed E-state index contributed by atoms with van der Waals surface area (Å²) in [5.41, 5.74) is 1.42. The highest BCUT2D eigenvalue weighted by molar-refractivity contribution is 6.34. The number of carbonyl (C=O) groups excluding carboxylic acids is 2. The van der Waals surface area contributed by atoms with Crippen LogP contribution in [-0.2, 0) is 9.59 Å². The molecule has 2 aromatic carbocycles. The van der Waals surface area contributed by atoms with Gasteiger partial charge >= 0.3 is 0 Å². The summed E-state index contributed by atoms with van der Waals surface area (Å²) in [4.78, 5) is 25.2. The number of hydrogen-bond acceptors (Lipinski definition) is 2. The number of anilines is 2. The van der Waals surface area contributed by atoms with Crippen molar-refractivity contribution >= 4 is 34.8 Å². The lowest BCUT2D eigenvalue weighted by Crippen LogP contribution is -2.35. The van der Waals surface area contributed by atoms with Crippen LogP contribution in [0.2, 0.25) is 5.02 Å². The molecule has 3 rings (SSSR count). The molecule has 0 saturated heterocycles. The third-order valence-electron chi connectivity index (χ3n) is 4.58. The van der Waals surface area contributed by atoms with E-state index in [-0.39, 0.29) is 11.8 Å². The van der Waals surface area contributed by atoms with Gasteiger partial charge in [0.1, 0.15) is 5.41 Å². The van der Waals surface area contributed by atoms with Gasteiger partial charge in [-0.3, -0.25) is 9.59 Å². The zero-order valence-electron chi connectivity index (χ0n) is 14.3. The maximum absolute atomic E-state index is 12.6. The Balaban J connectivity index is 1.68. The normalized spacial score (nSPS) is 14.9. The Bertz CT molecular complexity index is 796. The van der Waals surface area contributed by atoms with Crippen molar-refractivity contribution in [3.05, 3.63) is 59.1 Å². The van der Waals surface area contributed by atoms with E-state index >= 15 is 0 Å². The lowest BCUT2D eigenvalue weighted by Gasteiger charge is -2.16. The molecule has 130 valence electrons. The van der Waals surface area contributed by atoms with Crippen molar-refractivity contribution in [3.63, 3.8) is 0 Å². The van der Waals surface area contributed by atoms with Crippen molar-refractivity contribution in [2.75, 3.05) is 10.6 Å². The molecule has 0 atom stereocenters. The Hall–Kier alpha value is -2.33. The van der Waals surface area contributed by atoms with Gasteiger partial charge in [0.2, 0.25) is 11.8 Å². The van der Waals surface area contributed by atoms with Gasteiger partial charge in [-0.1, -0.05) is 49.7 Å². The number of para-hydroxylation sites is 1. The van der Waals surface area contributed by atoms with Crippen molar-refractivity contribution in [1.82, 2.24) is 0 Å². The predicted octanol–water partition coefficient (Wildman–Crippen LogP) is 4.82. The molecule has 25 heavy (non-hydrogen) atoms. The number of rotatable bonds is 5. The molecule has 2 N–H and O–H groups in total. The van der Waals surface area contributed by atoms with E-state index in [0.29, 0.717) is 35.2 Å². The van der Waals surface area contributed by atoms with Gasteiger partial charge in [0, 0.05) is 5.69 Å². The molecule has 0 aromatic heterocycles. The fourth-order valence-electron chi connectivity index (χ4n) is 2.69. The van der Waals surface area contributed by atoms with Crippen LogP contribution in [0.5, 0.6) is 0 Å². The molecular formula is C20H21ClN2O2. The van der Waals surface area contributed by atoms with Crippen molar-refractivity contribution in [1.29, 1.82) is 0 Å². The molecule has 0 unspecified atom stereocenters. The second kappa shape index (κ2) is 6.89. The fourth-order valence-corrected chi connectivity index (χ4v) is 2.87. The van der Waals surface area contributed by atoms with Crippen LogP contribution in [-0.4, -0.2) is 11.8 Å². The summed E-state index contributed by atoms with van der Waals surface area (Å²) in [7, 11) is 0. The van der Waals surface area contributed by atoms with Gasteiger partial charge in [0.25, 0.3) is 0 Å². The summed E-state index contributed by atoms with van der Waals surface area (Å²) >= 11 is 6.07. The minimum atomic E-state index is -1.00. The summed E-state index contributed by atoms with van der Waals surface area (Å²) in [6.07, 6.45) is 1.08. The molecule has 1 fully saturated rings. The molecule has 2 aromatic rings. The Morgan fingerprint density at radius 3 is 2.12 bits per heavy atom. The lowest BCUT2D eigenvalue weighted by atomic mass is 10.0. The lowest BCUT2D eigenvalue weighted by molar-refractivity contribution is -0.131. The topological polar surface area (TPSA) is 58.2 Å². The number of carbonyl (C=O) groups is 2. The van der Waals surface area contributed by atoms with Crippen molar-refractivity contribution in [3.8, 4) is 0 Å². The Morgan fingerprint density at radius 1 is 0.960 bits per heavy atom. The van der Waals surface area contributed by atoms with Gasteiger partial charge in [-0.15, -0.1) is 0 Å². The molecule has 1 aliphatic carbocycles.